The van der Waals surface area contributed by atoms with E-state index in [-0.39, 0.29) is 11.2 Å². The Bertz CT molecular complexity index is 930. The minimum atomic E-state index is -0.426. The van der Waals surface area contributed by atoms with Crippen LogP contribution in [0.15, 0.2) is 63.8 Å². The van der Waals surface area contributed by atoms with Gasteiger partial charge in [-0.15, -0.1) is 0 Å². The first-order valence-corrected chi connectivity index (χ1v) is 7.56. The molecule has 0 spiro atoms. The number of amides is 1. The van der Waals surface area contributed by atoms with Crippen molar-refractivity contribution < 1.29 is 13.9 Å². The molecule has 5 nitrogen and oxygen atoms in total. The van der Waals surface area contributed by atoms with E-state index in [0.717, 1.165) is 11.1 Å². The maximum absolute atomic E-state index is 12.3. The Morgan fingerprint density at radius 3 is 2.58 bits per heavy atom. The fourth-order valence-corrected chi connectivity index (χ4v) is 2.50. The maximum Gasteiger partial charge on any atom is 0.287 e. The van der Waals surface area contributed by atoms with Crippen molar-refractivity contribution in [2.24, 2.45) is 0 Å². The number of carbonyl (C=O) groups is 1. The summed E-state index contributed by atoms with van der Waals surface area (Å²) >= 11 is 0. The van der Waals surface area contributed by atoms with Gasteiger partial charge in [-0.1, -0.05) is 36.4 Å². The maximum atomic E-state index is 12.3. The number of methoxy groups -OCH3 is 1. The van der Waals surface area contributed by atoms with Gasteiger partial charge in [0.05, 0.1) is 12.0 Å². The number of nitrogens with one attached hydrogen (secondary N) is 1. The van der Waals surface area contributed by atoms with Gasteiger partial charge in [0.15, 0.2) is 11.2 Å². The standard InChI is InChI=1S/C19H17NO4/c1-23-12-14-7-3-2-6-13(14)11-20-19(22)18-10-16(21)15-8-4-5-9-17(15)24-18/h2-10H,11-12H2,1H3,(H,20,22). The van der Waals surface area contributed by atoms with E-state index in [0.29, 0.717) is 24.1 Å². The molecule has 3 rings (SSSR count). The van der Waals surface area contributed by atoms with E-state index in [1.807, 2.05) is 24.3 Å². The van der Waals surface area contributed by atoms with Crippen molar-refractivity contribution in [2.75, 3.05) is 7.11 Å². The Balaban J connectivity index is 1.80. The molecule has 0 fully saturated rings. The molecule has 0 aliphatic heterocycles. The second-order valence-corrected chi connectivity index (χ2v) is 5.36. The molecule has 1 heterocycles. The predicted octanol–water partition coefficient (Wildman–Crippen LogP) is 2.87. The van der Waals surface area contributed by atoms with E-state index in [9.17, 15) is 9.59 Å². The first-order valence-electron chi connectivity index (χ1n) is 7.56. The second-order valence-electron chi connectivity index (χ2n) is 5.36. The molecule has 2 aromatic carbocycles. The van der Waals surface area contributed by atoms with Gasteiger partial charge < -0.3 is 14.5 Å². The molecule has 3 aromatic rings. The smallest absolute Gasteiger partial charge is 0.287 e. The lowest BCUT2D eigenvalue weighted by molar-refractivity contribution is 0.0923. The molecule has 24 heavy (non-hydrogen) atoms. The highest BCUT2D eigenvalue weighted by Gasteiger charge is 2.12. The number of ether oxygens (including phenoxy) is 1. The molecule has 1 aromatic heterocycles. The summed E-state index contributed by atoms with van der Waals surface area (Å²) < 4.78 is 10.7. The molecule has 0 atom stereocenters. The highest BCUT2D eigenvalue weighted by molar-refractivity contribution is 5.93. The van der Waals surface area contributed by atoms with Crippen molar-refractivity contribution in [3.05, 3.63) is 81.7 Å². The number of benzene rings is 2. The molecule has 0 bridgehead atoms. The molecule has 0 aliphatic carbocycles. The van der Waals surface area contributed by atoms with Crippen LogP contribution in [0.1, 0.15) is 21.7 Å². The van der Waals surface area contributed by atoms with E-state index < -0.39 is 5.91 Å². The van der Waals surface area contributed by atoms with Crippen LogP contribution in [0.5, 0.6) is 0 Å². The molecule has 0 unspecified atom stereocenters. The zero-order valence-corrected chi connectivity index (χ0v) is 13.2. The summed E-state index contributed by atoms with van der Waals surface area (Å²) in [7, 11) is 1.62. The summed E-state index contributed by atoms with van der Waals surface area (Å²) in [5, 5.41) is 3.24. The van der Waals surface area contributed by atoms with Gasteiger partial charge in [0.25, 0.3) is 5.91 Å². The van der Waals surface area contributed by atoms with Crippen LogP contribution >= 0.6 is 0 Å². The summed E-state index contributed by atoms with van der Waals surface area (Å²) in [5.74, 6) is -0.423. The SMILES string of the molecule is COCc1ccccc1CNC(=O)c1cc(=O)c2ccccc2o1. The zero-order valence-electron chi connectivity index (χ0n) is 13.2. The Labute approximate surface area is 138 Å². The van der Waals surface area contributed by atoms with E-state index in [4.69, 9.17) is 9.15 Å². The van der Waals surface area contributed by atoms with Crippen molar-refractivity contribution in [2.45, 2.75) is 13.2 Å². The fraction of sp³-hybridized carbons (Fsp3) is 0.158. The third kappa shape index (κ3) is 3.36. The van der Waals surface area contributed by atoms with Crippen LogP contribution < -0.4 is 10.7 Å². The minimum Gasteiger partial charge on any atom is -0.451 e. The molecular weight excluding hydrogens is 306 g/mol. The third-order valence-electron chi connectivity index (χ3n) is 3.72. The van der Waals surface area contributed by atoms with Crippen molar-refractivity contribution >= 4 is 16.9 Å². The Morgan fingerprint density at radius 2 is 1.79 bits per heavy atom. The Hall–Kier alpha value is -2.92. The molecule has 5 heteroatoms. The van der Waals surface area contributed by atoms with Crippen molar-refractivity contribution in [3.8, 4) is 0 Å². The van der Waals surface area contributed by atoms with Gasteiger partial charge in [0.1, 0.15) is 5.58 Å². The lowest BCUT2D eigenvalue weighted by atomic mass is 10.1. The normalized spacial score (nSPS) is 10.7. The van der Waals surface area contributed by atoms with Crippen LogP contribution in [0.3, 0.4) is 0 Å². The lowest BCUT2D eigenvalue weighted by Crippen LogP contribution is -2.24. The number of hydrogen-bond acceptors (Lipinski definition) is 4. The molecule has 122 valence electrons. The summed E-state index contributed by atoms with van der Waals surface area (Å²) in [4.78, 5) is 24.4. The topological polar surface area (TPSA) is 68.5 Å². The quantitative estimate of drug-likeness (QED) is 0.784. The van der Waals surface area contributed by atoms with Gasteiger partial charge in [-0.2, -0.15) is 0 Å². The molecule has 0 aliphatic rings. The van der Waals surface area contributed by atoms with Crippen LogP contribution in [0.2, 0.25) is 0 Å². The van der Waals surface area contributed by atoms with Crippen molar-refractivity contribution in [1.82, 2.24) is 5.32 Å². The first kappa shape index (κ1) is 16.0. The van der Waals surface area contributed by atoms with Gasteiger partial charge in [0.2, 0.25) is 0 Å². The predicted molar refractivity (Wildman–Crippen MR) is 90.8 cm³/mol. The highest BCUT2D eigenvalue weighted by Crippen LogP contribution is 2.13. The average molecular weight is 323 g/mol. The Morgan fingerprint density at radius 1 is 1.08 bits per heavy atom. The summed E-state index contributed by atoms with van der Waals surface area (Å²) in [6, 6.07) is 15.8. The fourth-order valence-electron chi connectivity index (χ4n) is 2.50. The molecule has 0 saturated carbocycles. The molecule has 1 amide bonds. The van der Waals surface area contributed by atoms with Gasteiger partial charge in [0, 0.05) is 19.7 Å². The van der Waals surface area contributed by atoms with Gasteiger partial charge >= 0.3 is 0 Å². The largest absolute Gasteiger partial charge is 0.451 e. The monoisotopic (exact) mass is 323 g/mol. The number of hydrogen-bond donors (Lipinski definition) is 1. The molecule has 0 saturated heterocycles. The van der Waals surface area contributed by atoms with E-state index in [1.165, 1.54) is 6.07 Å². The number of fused-ring (bicyclic) bond motifs is 1. The average Bonchev–Trinajstić information content (AvgIpc) is 2.61. The first-order chi connectivity index (χ1) is 11.7. The van der Waals surface area contributed by atoms with Crippen molar-refractivity contribution in [1.29, 1.82) is 0 Å². The summed E-state index contributed by atoms with van der Waals surface area (Å²) in [5.41, 5.74) is 2.12. The van der Waals surface area contributed by atoms with Crippen LogP contribution in [0, 0.1) is 0 Å². The molecule has 1 N–H and O–H groups in total. The van der Waals surface area contributed by atoms with Crippen LogP contribution in [0.4, 0.5) is 0 Å². The molecular formula is C19H17NO4. The van der Waals surface area contributed by atoms with Crippen LogP contribution in [0.25, 0.3) is 11.0 Å². The van der Waals surface area contributed by atoms with E-state index in [2.05, 4.69) is 5.32 Å². The minimum absolute atomic E-state index is 0.00271. The van der Waals surface area contributed by atoms with Gasteiger partial charge in [-0.25, -0.2) is 0 Å². The number of rotatable bonds is 5. The van der Waals surface area contributed by atoms with Gasteiger partial charge in [-0.3, -0.25) is 9.59 Å². The number of para-hydroxylation sites is 1. The zero-order chi connectivity index (χ0) is 16.9. The molecule has 0 radical (unpaired) electrons. The summed E-state index contributed by atoms with van der Waals surface area (Å²) in [6.07, 6.45) is 0. The second kappa shape index (κ2) is 7.10. The highest BCUT2D eigenvalue weighted by atomic mass is 16.5. The van der Waals surface area contributed by atoms with Gasteiger partial charge in [-0.05, 0) is 23.3 Å². The van der Waals surface area contributed by atoms with E-state index in [1.54, 1.807) is 31.4 Å². The Kier molecular flexibility index (Phi) is 4.72. The van der Waals surface area contributed by atoms with Crippen LogP contribution in [-0.4, -0.2) is 13.0 Å². The lowest BCUT2D eigenvalue weighted by Gasteiger charge is -2.10. The van der Waals surface area contributed by atoms with Crippen molar-refractivity contribution in [3.63, 3.8) is 0 Å². The number of carbonyl (C=O) groups excluding carboxylic acids is 1. The van der Waals surface area contributed by atoms with Crippen LogP contribution in [-0.2, 0) is 17.9 Å². The summed E-state index contributed by atoms with van der Waals surface area (Å²) in [6.45, 7) is 0.798. The third-order valence-corrected chi connectivity index (χ3v) is 3.72. The van der Waals surface area contributed by atoms with E-state index >= 15 is 0 Å².